The molecule has 0 unspecified atom stereocenters. The molecule has 1 heterocycles. The van der Waals surface area contributed by atoms with E-state index in [1.807, 2.05) is 0 Å². The quantitative estimate of drug-likeness (QED) is 0.668. The maximum Gasteiger partial charge on any atom is 0.269 e. The van der Waals surface area contributed by atoms with Crippen molar-refractivity contribution in [3.63, 3.8) is 0 Å². The molecule has 1 rings (SSSR count). The number of rotatable bonds is 1. The minimum absolute atomic E-state index is 0.478. The van der Waals surface area contributed by atoms with Crippen LogP contribution in [0.1, 0.15) is 32.8 Å². The van der Waals surface area contributed by atoms with Gasteiger partial charge in [0.2, 0.25) is 5.95 Å². The molecule has 0 atom stereocenters. The normalized spacial score (nSPS) is 12.5. The highest BCUT2D eigenvalue weighted by atomic mass is 19.3. The molecule has 1 aromatic heterocycles. The second-order valence-electron chi connectivity index (χ2n) is 3.79. The molecule has 0 fully saturated rings. The number of hydrogen-bond donors (Lipinski definition) is 0. The Morgan fingerprint density at radius 3 is 2.15 bits per heavy atom. The van der Waals surface area contributed by atoms with Crippen molar-refractivity contribution in [3.05, 3.63) is 17.7 Å². The lowest BCUT2D eigenvalue weighted by Gasteiger charge is -2.18. The second kappa shape index (κ2) is 3.05. The van der Waals surface area contributed by atoms with Crippen LogP contribution in [0.3, 0.4) is 0 Å². The van der Waals surface area contributed by atoms with Gasteiger partial charge in [0.15, 0.2) is 0 Å². The van der Waals surface area contributed by atoms with E-state index in [4.69, 9.17) is 0 Å². The summed E-state index contributed by atoms with van der Waals surface area (Å²) >= 11 is 0. The second-order valence-corrected chi connectivity index (χ2v) is 3.79. The zero-order chi connectivity index (χ0) is 10.2. The molecule has 5 heteroatoms. The molecule has 0 aliphatic carbocycles. The van der Waals surface area contributed by atoms with Crippen molar-refractivity contribution in [1.29, 1.82) is 0 Å². The van der Waals surface area contributed by atoms with Gasteiger partial charge in [0.25, 0.3) is 6.43 Å². The molecule has 13 heavy (non-hydrogen) atoms. The van der Waals surface area contributed by atoms with Crippen LogP contribution in [0.2, 0.25) is 0 Å². The summed E-state index contributed by atoms with van der Waals surface area (Å²) in [5.41, 5.74) is -1.12. The monoisotopic (exact) mass is 192 g/mol. The van der Waals surface area contributed by atoms with E-state index in [1.165, 1.54) is 4.68 Å². The highest BCUT2D eigenvalue weighted by molar-refractivity contribution is 5.09. The van der Waals surface area contributed by atoms with Crippen molar-refractivity contribution >= 4 is 0 Å². The van der Waals surface area contributed by atoms with Crippen LogP contribution in [0.15, 0.2) is 6.20 Å². The summed E-state index contributed by atoms with van der Waals surface area (Å²) in [5, 5.41) is 3.37. The first-order chi connectivity index (χ1) is 5.82. The first-order valence-electron chi connectivity index (χ1n) is 3.86. The number of halogens is 3. The van der Waals surface area contributed by atoms with Crippen LogP contribution in [0.5, 0.6) is 0 Å². The minimum atomic E-state index is -2.81. The SMILES string of the molecule is CC(C)(C)n1cc(C(F)F)c(F)n1. The Bertz CT molecular complexity index is 299. The number of hydrogen-bond acceptors (Lipinski definition) is 1. The Morgan fingerprint density at radius 1 is 1.38 bits per heavy atom. The molecular weight excluding hydrogens is 181 g/mol. The third kappa shape index (κ3) is 2.02. The Balaban J connectivity index is 3.10. The fourth-order valence-corrected chi connectivity index (χ4v) is 0.856. The Hall–Kier alpha value is -1.00. The lowest BCUT2D eigenvalue weighted by atomic mass is 10.1. The maximum absolute atomic E-state index is 12.8. The van der Waals surface area contributed by atoms with Gasteiger partial charge in [0.05, 0.1) is 11.1 Å². The highest BCUT2D eigenvalue weighted by Gasteiger charge is 2.22. The van der Waals surface area contributed by atoms with Crippen LogP contribution >= 0.6 is 0 Å². The van der Waals surface area contributed by atoms with Crippen LogP contribution in [-0.2, 0) is 5.54 Å². The molecule has 0 amide bonds. The number of alkyl halides is 2. The van der Waals surface area contributed by atoms with Crippen molar-refractivity contribution in [2.24, 2.45) is 0 Å². The molecule has 2 nitrogen and oxygen atoms in total. The average molecular weight is 192 g/mol. The maximum atomic E-state index is 12.8. The van der Waals surface area contributed by atoms with E-state index in [0.717, 1.165) is 6.20 Å². The van der Waals surface area contributed by atoms with Gasteiger partial charge in [-0.2, -0.15) is 4.39 Å². The molecule has 0 aromatic carbocycles. The van der Waals surface area contributed by atoms with Gasteiger partial charge in [-0.25, -0.2) is 8.78 Å². The third-order valence-corrected chi connectivity index (χ3v) is 1.62. The summed E-state index contributed by atoms with van der Waals surface area (Å²) in [5.74, 6) is -1.09. The molecule has 0 saturated heterocycles. The molecular formula is C8H11F3N2. The van der Waals surface area contributed by atoms with Crippen LogP contribution in [0, 0.1) is 5.95 Å². The van der Waals surface area contributed by atoms with Gasteiger partial charge in [0, 0.05) is 6.20 Å². The molecule has 0 radical (unpaired) electrons. The minimum Gasteiger partial charge on any atom is -0.264 e. The molecule has 0 aliphatic heterocycles. The molecule has 74 valence electrons. The fourth-order valence-electron chi connectivity index (χ4n) is 0.856. The van der Waals surface area contributed by atoms with Crippen molar-refractivity contribution in [2.45, 2.75) is 32.7 Å². The van der Waals surface area contributed by atoms with E-state index in [2.05, 4.69) is 5.10 Å². The first kappa shape index (κ1) is 10.1. The molecule has 0 saturated carbocycles. The summed E-state index contributed by atoms with van der Waals surface area (Å²) < 4.78 is 38.2. The van der Waals surface area contributed by atoms with E-state index in [9.17, 15) is 13.2 Å². The van der Waals surface area contributed by atoms with Crippen molar-refractivity contribution in [2.75, 3.05) is 0 Å². The van der Waals surface area contributed by atoms with Gasteiger partial charge in [-0.05, 0) is 20.8 Å². The lowest BCUT2D eigenvalue weighted by Crippen LogP contribution is -2.22. The van der Waals surface area contributed by atoms with Gasteiger partial charge in [0.1, 0.15) is 0 Å². The summed E-state index contributed by atoms with van der Waals surface area (Å²) in [7, 11) is 0. The van der Waals surface area contributed by atoms with E-state index in [-0.39, 0.29) is 0 Å². The van der Waals surface area contributed by atoms with E-state index >= 15 is 0 Å². The van der Waals surface area contributed by atoms with Gasteiger partial charge in [-0.15, -0.1) is 5.10 Å². The predicted molar refractivity (Wildman–Crippen MR) is 42.1 cm³/mol. The zero-order valence-corrected chi connectivity index (χ0v) is 7.68. The van der Waals surface area contributed by atoms with Gasteiger partial charge in [-0.3, -0.25) is 4.68 Å². The average Bonchev–Trinajstić information content (AvgIpc) is 2.29. The fraction of sp³-hybridized carbons (Fsp3) is 0.625. The standard InChI is InChI=1S/C8H11F3N2/c1-8(2,3)13-4-5(6(9)10)7(11)12-13/h4,6H,1-3H3. The largest absolute Gasteiger partial charge is 0.269 e. The molecule has 1 aromatic rings. The van der Waals surface area contributed by atoms with Gasteiger partial charge >= 0.3 is 0 Å². The highest BCUT2D eigenvalue weighted by Crippen LogP contribution is 2.23. The van der Waals surface area contributed by atoms with Crippen LogP contribution in [0.25, 0.3) is 0 Å². The van der Waals surface area contributed by atoms with Crippen molar-refractivity contribution < 1.29 is 13.2 Å². The van der Waals surface area contributed by atoms with Crippen LogP contribution in [0.4, 0.5) is 13.2 Å². The number of nitrogens with zero attached hydrogens (tertiary/aromatic N) is 2. The first-order valence-corrected chi connectivity index (χ1v) is 3.86. The smallest absolute Gasteiger partial charge is 0.264 e. The summed E-state index contributed by atoms with van der Waals surface area (Å²) in [6.07, 6.45) is -1.77. The topological polar surface area (TPSA) is 17.8 Å². The van der Waals surface area contributed by atoms with Crippen LogP contribution < -0.4 is 0 Å². The summed E-state index contributed by atoms with van der Waals surface area (Å²) in [6.45, 7) is 5.28. The van der Waals surface area contributed by atoms with Gasteiger partial charge < -0.3 is 0 Å². The molecule has 0 spiro atoms. The predicted octanol–water partition coefficient (Wildman–Crippen LogP) is 2.71. The van der Waals surface area contributed by atoms with Crippen molar-refractivity contribution in [3.8, 4) is 0 Å². The van der Waals surface area contributed by atoms with E-state index in [0.29, 0.717) is 0 Å². The Kier molecular flexibility index (Phi) is 2.36. The molecule has 0 N–H and O–H groups in total. The van der Waals surface area contributed by atoms with Crippen molar-refractivity contribution in [1.82, 2.24) is 9.78 Å². The van der Waals surface area contributed by atoms with E-state index in [1.54, 1.807) is 20.8 Å². The van der Waals surface area contributed by atoms with E-state index < -0.39 is 23.5 Å². The van der Waals surface area contributed by atoms with Gasteiger partial charge in [-0.1, -0.05) is 0 Å². The Morgan fingerprint density at radius 2 is 1.92 bits per heavy atom. The number of aromatic nitrogens is 2. The third-order valence-electron chi connectivity index (χ3n) is 1.62. The zero-order valence-electron chi connectivity index (χ0n) is 7.68. The van der Waals surface area contributed by atoms with Crippen LogP contribution in [-0.4, -0.2) is 9.78 Å². The summed E-state index contributed by atoms with van der Waals surface area (Å²) in [4.78, 5) is 0. The lowest BCUT2D eigenvalue weighted by molar-refractivity contribution is 0.146. The Labute approximate surface area is 74.4 Å². The molecule has 0 aliphatic rings. The summed E-state index contributed by atoms with van der Waals surface area (Å²) in [6, 6.07) is 0. The molecule has 0 bridgehead atoms.